The summed E-state index contributed by atoms with van der Waals surface area (Å²) in [5, 5.41) is 13.1. The highest BCUT2D eigenvalue weighted by atomic mass is 32.2. The predicted molar refractivity (Wildman–Crippen MR) is 79.0 cm³/mol. The van der Waals surface area contributed by atoms with Crippen LogP contribution in [-0.2, 0) is 10.0 Å². The number of nitrogens with two attached hydrogens (primary N) is 1. The zero-order chi connectivity index (χ0) is 14.8. The zero-order valence-electron chi connectivity index (χ0n) is 11.5. The molecular formula is C13H21N3O3S. The van der Waals surface area contributed by atoms with Gasteiger partial charge in [0.1, 0.15) is 4.90 Å². The summed E-state index contributed by atoms with van der Waals surface area (Å²) in [6.45, 7) is 0. The number of nitrogen functional groups attached to an aromatic ring is 1. The molecule has 112 valence electrons. The van der Waals surface area contributed by atoms with Crippen molar-refractivity contribution in [3.05, 3.63) is 18.2 Å². The van der Waals surface area contributed by atoms with E-state index in [1.165, 1.54) is 13.1 Å². The summed E-state index contributed by atoms with van der Waals surface area (Å²) in [5.41, 5.74) is 6.52. The van der Waals surface area contributed by atoms with Crippen LogP contribution >= 0.6 is 0 Å². The van der Waals surface area contributed by atoms with Crippen LogP contribution in [0.2, 0.25) is 0 Å². The third-order valence-corrected chi connectivity index (χ3v) is 5.09. The van der Waals surface area contributed by atoms with Crippen molar-refractivity contribution >= 4 is 21.4 Å². The number of anilines is 2. The molecule has 1 saturated carbocycles. The molecule has 0 aliphatic heterocycles. The van der Waals surface area contributed by atoms with Crippen LogP contribution in [0.1, 0.15) is 25.7 Å². The van der Waals surface area contributed by atoms with Gasteiger partial charge in [-0.25, -0.2) is 13.1 Å². The van der Waals surface area contributed by atoms with Crippen molar-refractivity contribution in [2.24, 2.45) is 0 Å². The highest BCUT2D eigenvalue weighted by Crippen LogP contribution is 2.28. The Balaban J connectivity index is 2.32. The van der Waals surface area contributed by atoms with Crippen molar-refractivity contribution < 1.29 is 13.5 Å². The van der Waals surface area contributed by atoms with Crippen LogP contribution in [0.15, 0.2) is 23.1 Å². The number of aliphatic hydroxyl groups excluding tert-OH is 1. The number of benzene rings is 1. The van der Waals surface area contributed by atoms with Crippen molar-refractivity contribution in [2.45, 2.75) is 42.7 Å². The lowest BCUT2D eigenvalue weighted by Crippen LogP contribution is -2.37. The number of hydrogen-bond donors (Lipinski definition) is 4. The van der Waals surface area contributed by atoms with E-state index in [1.807, 2.05) is 0 Å². The summed E-state index contributed by atoms with van der Waals surface area (Å²) in [4.78, 5) is 0.109. The molecule has 1 aliphatic rings. The van der Waals surface area contributed by atoms with Crippen molar-refractivity contribution in [3.8, 4) is 0 Å². The van der Waals surface area contributed by atoms with E-state index in [0.717, 1.165) is 25.7 Å². The Labute approximate surface area is 119 Å². The second-order valence-electron chi connectivity index (χ2n) is 5.07. The largest absolute Gasteiger partial charge is 0.399 e. The van der Waals surface area contributed by atoms with Gasteiger partial charge in [0.25, 0.3) is 0 Å². The highest BCUT2D eigenvalue weighted by molar-refractivity contribution is 7.89. The first-order valence-corrected chi connectivity index (χ1v) is 8.20. The number of sulfonamides is 1. The second kappa shape index (κ2) is 5.99. The molecule has 0 saturated heterocycles. The normalized spacial score (nSPS) is 23.5. The molecule has 2 unspecified atom stereocenters. The molecule has 0 aromatic heterocycles. The van der Waals surface area contributed by atoms with Gasteiger partial charge in [-0.2, -0.15) is 0 Å². The smallest absolute Gasteiger partial charge is 0.242 e. The van der Waals surface area contributed by atoms with Crippen molar-refractivity contribution in [2.75, 3.05) is 18.1 Å². The molecule has 1 fully saturated rings. The van der Waals surface area contributed by atoms with Crippen LogP contribution in [0.25, 0.3) is 0 Å². The molecule has 2 atom stereocenters. The molecule has 0 amide bonds. The predicted octanol–water partition coefficient (Wildman–Crippen LogP) is 0.892. The van der Waals surface area contributed by atoms with Gasteiger partial charge in [-0.3, -0.25) is 0 Å². The molecule has 1 aromatic carbocycles. The molecule has 6 nitrogen and oxygen atoms in total. The molecule has 1 aliphatic carbocycles. The lowest BCUT2D eigenvalue weighted by atomic mass is 9.92. The Bertz CT molecular complexity index is 574. The van der Waals surface area contributed by atoms with Crippen molar-refractivity contribution in [1.82, 2.24) is 4.72 Å². The molecule has 0 bridgehead atoms. The Morgan fingerprint density at radius 2 is 2.00 bits per heavy atom. The van der Waals surface area contributed by atoms with Gasteiger partial charge in [-0.05, 0) is 38.1 Å². The maximum atomic E-state index is 12.0. The zero-order valence-corrected chi connectivity index (χ0v) is 12.3. The average Bonchev–Trinajstić information content (AvgIpc) is 2.43. The van der Waals surface area contributed by atoms with Gasteiger partial charge < -0.3 is 16.2 Å². The maximum absolute atomic E-state index is 12.0. The van der Waals surface area contributed by atoms with Crippen molar-refractivity contribution in [1.29, 1.82) is 0 Å². The number of hydrogen-bond acceptors (Lipinski definition) is 5. The minimum atomic E-state index is -3.59. The summed E-state index contributed by atoms with van der Waals surface area (Å²) >= 11 is 0. The van der Waals surface area contributed by atoms with E-state index >= 15 is 0 Å². The van der Waals surface area contributed by atoms with Gasteiger partial charge in [0.2, 0.25) is 10.0 Å². The van der Waals surface area contributed by atoms with Gasteiger partial charge in [0.15, 0.2) is 0 Å². The lowest BCUT2D eigenvalue weighted by Gasteiger charge is -2.30. The molecule has 7 heteroatoms. The van der Waals surface area contributed by atoms with E-state index in [1.54, 1.807) is 12.1 Å². The van der Waals surface area contributed by atoms with Crippen molar-refractivity contribution in [3.63, 3.8) is 0 Å². The summed E-state index contributed by atoms with van der Waals surface area (Å²) in [5.74, 6) is 0. The Morgan fingerprint density at radius 1 is 1.30 bits per heavy atom. The molecule has 0 heterocycles. The van der Waals surface area contributed by atoms with E-state index < -0.39 is 16.1 Å². The fourth-order valence-electron chi connectivity index (χ4n) is 2.47. The molecule has 1 aromatic rings. The molecule has 20 heavy (non-hydrogen) atoms. The van der Waals surface area contributed by atoms with E-state index in [-0.39, 0.29) is 10.9 Å². The van der Waals surface area contributed by atoms with Gasteiger partial charge in [-0.1, -0.05) is 12.8 Å². The number of rotatable bonds is 4. The molecule has 5 N–H and O–H groups in total. The summed E-state index contributed by atoms with van der Waals surface area (Å²) in [7, 11) is -2.23. The van der Waals surface area contributed by atoms with E-state index in [2.05, 4.69) is 10.0 Å². The molecular weight excluding hydrogens is 278 g/mol. The fraction of sp³-hybridized carbons (Fsp3) is 0.538. The first kappa shape index (κ1) is 15.1. The SMILES string of the molecule is CNS(=O)(=O)c1cc(N)ccc1NC1CCCCC1O. The van der Waals surface area contributed by atoms with Gasteiger partial charge in [0, 0.05) is 5.69 Å². The Kier molecular flexibility index (Phi) is 4.52. The summed E-state index contributed by atoms with van der Waals surface area (Å²) < 4.78 is 26.3. The first-order valence-electron chi connectivity index (χ1n) is 6.71. The Morgan fingerprint density at radius 3 is 2.65 bits per heavy atom. The summed E-state index contributed by atoms with van der Waals surface area (Å²) in [6.07, 6.45) is 3.14. The minimum absolute atomic E-state index is 0.109. The second-order valence-corrected chi connectivity index (χ2v) is 6.92. The van der Waals surface area contributed by atoms with Crippen LogP contribution in [0.4, 0.5) is 11.4 Å². The van der Waals surface area contributed by atoms with E-state index in [4.69, 9.17) is 5.73 Å². The van der Waals surface area contributed by atoms with Crippen LogP contribution in [0.3, 0.4) is 0 Å². The molecule has 0 radical (unpaired) electrons. The molecule has 2 rings (SSSR count). The lowest BCUT2D eigenvalue weighted by molar-refractivity contribution is 0.116. The van der Waals surface area contributed by atoms with Crippen LogP contribution < -0.4 is 15.8 Å². The Hall–Kier alpha value is -1.31. The number of nitrogens with one attached hydrogen (secondary N) is 2. The summed E-state index contributed by atoms with van der Waals surface area (Å²) in [6, 6.07) is 4.58. The number of aliphatic hydroxyl groups is 1. The standard InChI is InChI=1S/C13H21N3O3S/c1-15-20(18,19)13-8-9(14)6-7-11(13)16-10-4-2-3-5-12(10)17/h6-8,10,12,15-17H,2-5,14H2,1H3. The van der Waals surface area contributed by atoms with E-state index in [0.29, 0.717) is 11.4 Å². The van der Waals surface area contributed by atoms with Crippen LogP contribution in [0, 0.1) is 0 Å². The minimum Gasteiger partial charge on any atom is -0.399 e. The molecule has 0 spiro atoms. The fourth-order valence-corrected chi connectivity index (χ4v) is 3.40. The van der Waals surface area contributed by atoms with Gasteiger partial charge in [0.05, 0.1) is 17.8 Å². The third-order valence-electron chi connectivity index (χ3n) is 3.63. The van der Waals surface area contributed by atoms with Gasteiger partial charge in [-0.15, -0.1) is 0 Å². The monoisotopic (exact) mass is 299 g/mol. The third kappa shape index (κ3) is 3.23. The quantitative estimate of drug-likeness (QED) is 0.618. The van der Waals surface area contributed by atoms with E-state index in [9.17, 15) is 13.5 Å². The highest BCUT2D eigenvalue weighted by Gasteiger charge is 2.25. The topological polar surface area (TPSA) is 104 Å². The van der Waals surface area contributed by atoms with Crippen LogP contribution in [0.5, 0.6) is 0 Å². The van der Waals surface area contributed by atoms with Gasteiger partial charge >= 0.3 is 0 Å². The van der Waals surface area contributed by atoms with Crippen LogP contribution in [-0.4, -0.2) is 32.7 Å². The maximum Gasteiger partial charge on any atom is 0.242 e. The first-order chi connectivity index (χ1) is 9.44. The average molecular weight is 299 g/mol.